The molecule has 0 bridgehead atoms. The topological polar surface area (TPSA) is 48.4 Å². The summed E-state index contributed by atoms with van der Waals surface area (Å²) in [6, 6.07) is 2.07. The predicted octanol–water partition coefficient (Wildman–Crippen LogP) is 4.55. The third-order valence-electron chi connectivity index (χ3n) is 3.10. The number of ether oxygens (including phenoxy) is 2. The third kappa shape index (κ3) is 3.60. The van der Waals surface area contributed by atoms with Gasteiger partial charge in [0.1, 0.15) is 0 Å². The summed E-state index contributed by atoms with van der Waals surface area (Å²) in [5.74, 6) is -0.398. The molecule has 0 fully saturated rings. The molecular formula is C16H20INO3S. The first-order chi connectivity index (χ1) is 10.1. The highest BCUT2D eigenvalue weighted by molar-refractivity contribution is 14.1. The molecule has 22 heavy (non-hydrogen) atoms. The molecule has 0 radical (unpaired) electrons. The second kappa shape index (κ2) is 6.41. The fraction of sp³-hybridized carbons (Fsp3) is 0.500. The number of fused-ring (bicyclic) bond motifs is 1. The Kier molecular flexibility index (Phi) is 5.13. The number of thiophene rings is 1. The minimum atomic E-state index is -0.767. The Morgan fingerprint density at radius 3 is 2.55 bits per heavy atom. The van der Waals surface area contributed by atoms with Crippen molar-refractivity contribution in [2.75, 3.05) is 7.11 Å². The van der Waals surface area contributed by atoms with E-state index in [9.17, 15) is 4.79 Å². The molecule has 120 valence electrons. The van der Waals surface area contributed by atoms with Crippen molar-refractivity contribution in [2.45, 2.75) is 46.3 Å². The summed E-state index contributed by atoms with van der Waals surface area (Å²) in [5.41, 5.74) is 2.10. The van der Waals surface area contributed by atoms with Crippen LogP contribution in [0.4, 0.5) is 0 Å². The lowest BCUT2D eigenvalue weighted by atomic mass is 10.1. The molecule has 6 heteroatoms. The summed E-state index contributed by atoms with van der Waals surface area (Å²) in [7, 11) is 1.38. The van der Waals surface area contributed by atoms with Crippen molar-refractivity contribution in [3.05, 3.63) is 25.8 Å². The van der Waals surface area contributed by atoms with E-state index in [-0.39, 0.29) is 0 Å². The number of hydrogen-bond acceptors (Lipinski definition) is 5. The molecule has 0 saturated carbocycles. The molecule has 0 aromatic carbocycles. The molecular weight excluding hydrogens is 413 g/mol. The van der Waals surface area contributed by atoms with Crippen LogP contribution in [0.1, 0.15) is 43.0 Å². The van der Waals surface area contributed by atoms with E-state index in [0.29, 0.717) is 0 Å². The molecule has 0 unspecified atom stereocenters. The summed E-state index contributed by atoms with van der Waals surface area (Å²) in [4.78, 5) is 18.1. The zero-order valence-electron chi connectivity index (χ0n) is 13.6. The molecule has 0 spiro atoms. The SMILES string of the molecule is COC(=O)[C@@H](OC(C)(C)C)c1c(C)nc2cc(C)sc2c1I. The summed E-state index contributed by atoms with van der Waals surface area (Å²) in [5, 5.41) is 0. The van der Waals surface area contributed by atoms with Crippen LogP contribution < -0.4 is 0 Å². The maximum absolute atomic E-state index is 12.3. The molecule has 0 aliphatic carbocycles. The summed E-state index contributed by atoms with van der Waals surface area (Å²) >= 11 is 3.96. The number of hydrogen-bond donors (Lipinski definition) is 0. The highest BCUT2D eigenvalue weighted by Crippen LogP contribution is 2.37. The van der Waals surface area contributed by atoms with Crippen LogP contribution in [0.25, 0.3) is 10.2 Å². The number of pyridine rings is 1. The molecule has 2 aromatic heterocycles. The van der Waals surface area contributed by atoms with Crippen LogP contribution in [0.15, 0.2) is 6.07 Å². The third-order valence-corrected chi connectivity index (χ3v) is 5.64. The van der Waals surface area contributed by atoms with Gasteiger partial charge in [-0.25, -0.2) is 4.79 Å². The van der Waals surface area contributed by atoms with Gasteiger partial charge in [-0.3, -0.25) is 4.98 Å². The lowest BCUT2D eigenvalue weighted by Gasteiger charge is -2.27. The Morgan fingerprint density at radius 1 is 1.36 bits per heavy atom. The maximum Gasteiger partial charge on any atom is 0.339 e. The molecule has 2 aromatic rings. The number of aryl methyl sites for hydroxylation is 2. The van der Waals surface area contributed by atoms with Gasteiger partial charge >= 0.3 is 5.97 Å². The van der Waals surface area contributed by atoms with Crippen molar-refractivity contribution < 1.29 is 14.3 Å². The van der Waals surface area contributed by atoms with Gasteiger partial charge in [0, 0.05) is 19.7 Å². The Balaban J connectivity index is 2.64. The summed E-state index contributed by atoms with van der Waals surface area (Å²) in [6.45, 7) is 9.73. The minimum Gasteiger partial charge on any atom is -0.467 e. The number of rotatable bonds is 3. The van der Waals surface area contributed by atoms with E-state index in [2.05, 4.69) is 40.6 Å². The van der Waals surface area contributed by atoms with Crippen LogP contribution in [0, 0.1) is 17.4 Å². The summed E-state index contributed by atoms with van der Waals surface area (Å²) < 4.78 is 13.0. The van der Waals surface area contributed by atoms with Gasteiger partial charge in [0.25, 0.3) is 0 Å². The van der Waals surface area contributed by atoms with E-state index in [1.807, 2.05) is 27.7 Å². The quantitative estimate of drug-likeness (QED) is 0.527. The van der Waals surface area contributed by atoms with E-state index in [0.717, 1.165) is 25.0 Å². The summed E-state index contributed by atoms with van der Waals surface area (Å²) in [6.07, 6.45) is -0.767. The van der Waals surface area contributed by atoms with Gasteiger partial charge in [0.15, 0.2) is 6.10 Å². The van der Waals surface area contributed by atoms with Gasteiger partial charge in [0.05, 0.1) is 22.9 Å². The van der Waals surface area contributed by atoms with Crippen molar-refractivity contribution in [3.8, 4) is 0 Å². The van der Waals surface area contributed by atoms with Crippen LogP contribution in [0.5, 0.6) is 0 Å². The zero-order chi connectivity index (χ0) is 16.7. The molecule has 0 N–H and O–H groups in total. The van der Waals surface area contributed by atoms with Crippen LogP contribution >= 0.6 is 33.9 Å². The van der Waals surface area contributed by atoms with Crippen molar-refractivity contribution in [1.82, 2.24) is 4.98 Å². The number of methoxy groups -OCH3 is 1. The van der Waals surface area contributed by atoms with Crippen LogP contribution in [-0.2, 0) is 14.3 Å². The van der Waals surface area contributed by atoms with E-state index in [4.69, 9.17) is 9.47 Å². The van der Waals surface area contributed by atoms with Gasteiger partial charge in [-0.1, -0.05) is 0 Å². The van der Waals surface area contributed by atoms with Crippen LogP contribution in [0.2, 0.25) is 0 Å². The first kappa shape index (κ1) is 17.6. The number of nitrogens with zero attached hydrogens (tertiary/aromatic N) is 1. The van der Waals surface area contributed by atoms with Crippen molar-refractivity contribution in [3.63, 3.8) is 0 Å². The second-order valence-electron chi connectivity index (χ2n) is 6.13. The fourth-order valence-electron chi connectivity index (χ4n) is 2.25. The Bertz CT molecular complexity index is 718. The molecule has 1 atom stereocenters. The largest absolute Gasteiger partial charge is 0.467 e. The van der Waals surface area contributed by atoms with E-state index < -0.39 is 17.7 Å². The first-order valence-corrected chi connectivity index (χ1v) is 8.85. The molecule has 4 nitrogen and oxygen atoms in total. The monoisotopic (exact) mass is 433 g/mol. The lowest BCUT2D eigenvalue weighted by molar-refractivity contribution is -0.164. The molecule has 0 aliphatic heterocycles. The standard InChI is InChI=1S/C16H20INO3S/c1-8-7-10-14(22-8)12(17)11(9(2)18-10)13(15(19)20-6)21-16(3,4)5/h7,13H,1-6H3/t13-/m0/s1. The normalized spacial score (nSPS) is 13.4. The number of carbonyl (C=O) groups excluding carboxylic acids is 1. The van der Waals surface area contributed by atoms with Gasteiger partial charge in [-0.15, -0.1) is 11.3 Å². The maximum atomic E-state index is 12.3. The molecule has 0 saturated heterocycles. The fourth-order valence-corrected chi connectivity index (χ4v) is 4.43. The number of halogens is 1. The van der Waals surface area contributed by atoms with Gasteiger partial charge < -0.3 is 9.47 Å². The first-order valence-electron chi connectivity index (χ1n) is 6.96. The van der Waals surface area contributed by atoms with Crippen molar-refractivity contribution >= 4 is 50.1 Å². The highest BCUT2D eigenvalue weighted by Gasteiger charge is 2.32. The molecule has 2 rings (SSSR count). The molecule has 2 heterocycles. The average molecular weight is 433 g/mol. The van der Waals surface area contributed by atoms with E-state index in [1.165, 1.54) is 12.0 Å². The Morgan fingerprint density at radius 2 is 2.00 bits per heavy atom. The second-order valence-corrected chi connectivity index (χ2v) is 8.46. The number of carbonyl (C=O) groups is 1. The van der Waals surface area contributed by atoms with Gasteiger partial charge in [0.2, 0.25) is 0 Å². The smallest absolute Gasteiger partial charge is 0.339 e. The molecule has 0 aliphatic rings. The number of esters is 1. The lowest BCUT2D eigenvalue weighted by Crippen LogP contribution is -2.29. The Hall–Kier alpha value is -0.730. The number of aromatic nitrogens is 1. The van der Waals surface area contributed by atoms with E-state index in [1.54, 1.807) is 11.3 Å². The minimum absolute atomic E-state index is 0.398. The zero-order valence-corrected chi connectivity index (χ0v) is 16.6. The predicted molar refractivity (Wildman–Crippen MR) is 97.4 cm³/mol. The Labute approximate surface area is 148 Å². The van der Waals surface area contributed by atoms with Gasteiger partial charge in [-0.2, -0.15) is 0 Å². The van der Waals surface area contributed by atoms with Gasteiger partial charge in [-0.05, 0) is 63.3 Å². The highest BCUT2D eigenvalue weighted by atomic mass is 127. The van der Waals surface area contributed by atoms with Crippen molar-refractivity contribution in [1.29, 1.82) is 0 Å². The average Bonchev–Trinajstić information content (AvgIpc) is 2.76. The molecule has 0 amide bonds. The van der Waals surface area contributed by atoms with Crippen LogP contribution in [0.3, 0.4) is 0 Å². The van der Waals surface area contributed by atoms with E-state index >= 15 is 0 Å². The van der Waals surface area contributed by atoms with Crippen LogP contribution in [-0.4, -0.2) is 23.7 Å². The van der Waals surface area contributed by atoms with Crippen molar-refractivity contribution in [2.24, 2.45) is 0 Å².